The average Bonchev–Trinajstić information content (AvgIpc) is 3.46. The van der Waals surface area contributed by atoms with Gasteiger partial charge in [0.05, 0.1) is 29.2 Å². The van der Waals surface area contributed by atoms with E-state index in [1.807, 2.05) is 0 Å². The Morgan fingerprint density at radius 2 is 2.03 bits per heavy atom. The van der Waals surface area contributed by atoms with Crippen LogP contribution in [-0.4, -0.2) is 31.4 Å². The largest absolute Gasteiger partial charge is 0.467 e. The second kappa shape index (κ2) is 9.07. The maximum absolute atomic E-state index is 13.1. The zero-order chi connectivity index (χ0) is 23.6. The molecule has 172 valence electrons. The molecule has 2 amide bonds. The minimum Gasteiger partial charge on any atom is -0.467 e. The average molecular weight is 473 g/mol. The molecule has 0 aliphatic rings. The molecule has 1 atom stereocenters. The SMILES string of the molecule is CCn1cc(NC(=O)C(C)n2nc(C(F)(F)F)c(Cl)c2C)c(C(=O)NCc2ccco2)n1. The molecule has 3 aromatic rings. The summed E-state index contributed by atoms with van der Waals surface area (Å²) in [4.78, 5) is 25.4. The first kappa shape index (κ1) is 23.4. The Kier molecular flexibility index (Phi) is 6.63. The van der Waals surface area contributed by atoms with Crippen molar-refractivity contribution >= 4 is 29.1 Å². The van der Waals surface area contributed by atoms with Crippen LogP contribution in [0.25, 0.3) is 0 Å². The Morgan fingerprint density at radius 3 is 2.59 bits per heavy atom. The highest BCUT2D eigenvalue weighted by Gasteiger charge is 2.39. The van der Waals surface area contributed by atoms with Crippen molar-refractivity contribution in [2.24, 2.45) is 0 Å². The molecule has 9 nitrogen and oxygen atoms in total. The van der Waals surface area contributed by atoms with Crippen LogP contribution in [0.4, 0.5) is 18.9 Å². The van der Waals surface area contributed by atoms with Crippen molar-refractivity contribution in [2.75, 3.05) is 5.32 Å². The number of hydrogen-bond acceptors (Lipinski definition) is 5. The molecule has 0 spiro atoms. The lowest BCUT2D eigenvalue weighted by Crippen LogP contribution is -2.28. The van der Waals surface area contributed by atoms with Crippen LogP contribution in [0.15, 0.2) is 29.0 Å². The van der Waals surface area contributed by atoms with Crippen molar-refractivity contribution in [1.29, 1.82) is 0 Å². The number of anilines is 1. The van der Waals surface area contributed by atoms with E-state index >= 15 is 0 Å². The molecular formula is C19H20ClF3N6O3. The summed E-state index contributed by atoms with van der Waals surface area (Å²) in [6.07, 6.45) is -1.84. The lowest BCUT2D eigenvalue weighted by molar-refractivity contribution is -0.141. The first-order valence-electron chi connectivity index (χ1n) is 9.53. The molecule has 2 N–H and O–H groups in total. The fourth-order valence-corrected chi connectivity index (χ4v) is 3.14. The molecule has 0 aromatic carbocycles. The zero-order valence-corrected chi connectivity index (χ0v) is 18.1. The number of aryl methyl sites for hydroxylation is 1. The zero-order valence-electron chi connectivity index (χ0n) is 17.3. The normalized spacial score (nSPS) is 12.6. The first-order chi connectivity index (χ1) is 15.0. The van der Waals surface area contributed by atoms with E-state index in [0.29, 0.717) is 12.3 Å². The lowest BCUT2D eigenvalue weighted by Gasteiger charge is -2.14. The van der Waals surface area contributed by atoms with E-state index in [1.165, 1.54) is 31.0 Å². The van der Waals surface area contributed by atoms with Gasteiger partial charge in [0.1, 0.15) is 11.8 Å². The molecule has 0 saturated heterocycles. The third kappa shape index (κ3) is 4.79. The number of halogens is 4. The number of amides is 2. The van der Waals surface area contributed by atoms with Crippen molar-refractivity contribution in [3.05, 3.63) is 52.5 Å². The van der Waals surface area contributed by atoms with E-state index < -0.39 is 34.7 Å². The van der Waals surface area contributed by atoms with E-state index in [4.69, 9.17) is 16.0 Å². The second-order valence-electron chi connectivity index (χ2n) is 6.86. The number of hydrogen-bond donors (Lipinski definition) is 2. The molecule has 32 heavy (non-hydrogen) atoms. The minimum atomic E-state index is -4.76. The van der Waals surface area contributed by atoms with Crippen molar-refractivity contribution < 1.29 is 27.2 Å². The van der Waals surface area contributed by atoms with Gasteiger partial charge in [0.25, 0.3) is 5.91 Å². The molecule has 3 aromatic heterocycles. The Balaban J connectivity index is 1.80. The van der Waals surface area contributed by atoms with Crippen LogP contribution in [0.5, 0.6) is 0 Å². The van der Waals surface area contributed by atoms with Crippen LogP contribution in [0.3, 0.4) is 0 Å². The summed E-state index contributed by atoms with van der Waals surface area (Å²) >= 11 is 5.76. The molecule has 13 heteroatoms. The summed E-state index contributed by atoms with van der Waals surface area (Å²) in [5.41, 5.74) is -1.23. The lowest BCUT2D eigenvalue weighted by atomic mass is 10.2. The molecule has 0 fully saturated rings. The maximum atomic E-state index is 13.1. The second-order valence-corrected chi connectivity index (χ2v) is 7.24. The van der Waals surface area contributed by atoms with Crippen LogP contribution in [0.2, 0.25) is 5.02 Å². The van der Waals surface area contributed by atoms with Crippen LogP contribution in [-0.2, 0) is 24.1 Å². The summed E-state index contributed by atoms with van der Waals surface area (Å²) < 4.78 is 46.8. The molecule has 3 rings (SSSR count). The van der Waals surface area contributed by atoms with Gasteiger partial charge in [-0.05, 0) is 32.9 Å². The van der Waals surface area contributed by atoms with Gasteiger partial charge in [0.2, 0.25) is 5.91 Å². The third-order valence-electron chi connectivity index (χ3n) is 4.65. The summed E-state index contributed by atoms with van der Waals surface area (Å²) in [5, 5.41) is 12.2. The number of carbonyl (C=O) groups excluding carboxylic acids is 2. The number of nitrogens with one attached hydrogen (secondary N) is 2. The number of nitrogens with zero attached hydrogens (tertiary/aromatic N) is 4. The molecule has 0 aliphatic carbocycles. The molecular weight excluding hydrogens is 453 g/mol. The van der Waals surface area contributed by atoms with E-state index in [-0.39, 0.29) is 23.6 Å². The van der Waals surface area contributed by atoms with E-state index in [1.54, 1.807) is 19.1 Å². The highest BCUT2D eigenvalue weighted by atomic mass is 35.5. The number of carbonyl (C=O) groups is 2. The maximum Gasteiger partial charge on any atom is 0.436 e. The molecule has 0 radical (unpaired) electrons. The topological polar surface area (TPSA) is 107 Å². The molecule has 0 saturated carbocycles. The minimum absolute atomic E-state index is 0.0118. The molecule has 0 aliphatic heterocycles. The Bertz CT molecular complexity index is 1120. The highest BCUT2D eigenvalue weighted by molar-refractivity contribution is 6.32. The van der Waals surface area contributed by atoms with Gasteiger partial charge in [-0.2, -0.15) is 23.4 Å². The van der Waals surface area contributed by atoms with Gasteiger partial charge in [-0.25, -0.2) is 0 Å². The van der Waals surface area contributed by atoms with Crippen LogP contribution < -0.4 is 10.6 Å². The van der Waals surface area contributed by atoms with Crippen LogP contribution >= 0.6 is 11.6 Å². The first-order valence-corrected chi connectivity index (χ1v) is 9.91. The summed E-state index contributed by atoms with van der Waals surface area (Å²) in [7, 11) is 0. The van der Waals surface area contributed by atoms with Gasteiger partial charge in [0, 0.05) is 12.7 Å². The molecule has 3 heterocycles. The standard InChI is InChI=1S/C19H20ClF3N6O3/c1-4-28-9-13(15(26-28)18(31)24-8-12-6-5-7-32-12)25-17(30)11(3)29-10(2)14(20)16(27-29)19(21,22)23/h5-7,9,11H,4,8H2,1-3H3,(H,24,31)(H,25,30). The van der Waals surface area contributed by atoms with Crippen molar-refractivity contribution in [2.45, 2.75) is 46.1 Å². The predicted octanol–water partition coefficient (Wildman–Crippen LogP) is 3.80. The van der Waals surface area contributed by atoms with Gasteiger partial charge in [-0.3, -0.25) is 19.0 Å². The quantitative estimate of drug-likeness (QED) is 0.544. The molecule has 1 unspecified atom stereocenters. The number of furan rings is 1. The highest BCUT2D eigenvalue weighted by Crippen LogP contribution is 2.36. The Morgan fingerprint density at radius 1 is 1.31 bits per heavy atom. The number of alkyl halides is 3. The van der Waals surface area contributed by atoms with Crippen molar-refractivity contribution in [1.82, 2.24) is 24.9 Å². The summed E-state index contributed by atoms with van der Waals surface area (Å²) in [5.74, 6) is -0.732. The summed E-state index contributed by atoms with van der Waals surface area (Å²) in [6, 6.07) is 2.21. The van der Waals surface area contributed by atoms with E-state index in [9.17, 15) is 22.8 Å². The monoisotopic (exact) mass is 472 g/mol. The number of rotatable bonds is 7. The van der Waals surface area contributed by atoms with E-state index in [2.05, 4.69) is 20.8 Å². The van der Waals surface area contributed by atoms with Crippen molar-refractivity contribution in [3.8, 4) is 0 Å². The van der Waals surface area contributed by atoms with Gasteiger partial charge < -0.3 is 15.1 Å². The van der Waals surface area contributed by atoms with Gasteiger partial charge in [-0.1, -0.05) is 11.6 Å². The number of aromatic nitrogens is 4. The predicted molar refractivity (Wildman–Crippen MR) is 108 cm³/mol. The van der Waals surface area contributed by atoms with Gasteiger partial charge in [0.15, 0.2) is 11.4 Å². The fraction of sp³-hybridized carbons (Fsp3) is 0.368. The Hall–Kier alpha value is -3.28. The summed E-state index contributed by atoms with van der Waals surface area (Å²) in [6.45, 7) is 5.02. The van der Waals surface area contributed by atoms with Gasteiger partial charge in [-0.15, -0.1) is 0 Å². The van der Waals surface area contributed by atoms with E-state index in [0.717, 1.165) is 4.68 Å². The Labute approximate surface area is 185 Å². The third-order valence-corrected chi connectivity index (χ3v) is 5.11. The smallest absolute Gasteiger partial charge is 0.436 e. The van der Waals surface area contributed by atoms with Crippen LogP contribution in [0, 0.1) is 6.92 Å². The van der Waals surface area contributed by atoms with Gasteiger partial charge >= 0.3 is 6.18 Å². The fourth-order valence-electron chi connectivity index (χ4n) is 2.91. The molecule has 0 bridgehead atoms. The van der Waals surface area contributed by atoms with Crippen molar-refractivity contribution in [3.63, 3.8) is 0 Å². The van der Waals surface area contributed by atoms with Crippen LogP contribution in [0.1, 0.15) is 47.5 Å².